The minimum Gasteiger partial charge on any atom is -0.256 e. The maximum absolute atomic E-state index is 4.58. The summed E-state index contributed by atoms with van der Waals surface area (Å²) in [6.45, 7) is 13.5. The van der Waals surface area contributed by atoms with Crippen LogP contribution in [0, 0.1) is 25.2 Å². The molecule has 1 aromatic carbocycles. The zero-order valence-corrected chi connectivity index (χ0v) is 14.2. The molecule has 0 spiro atoms. The van der Waals surface area contributed by atoms with Crippen LogP contribution in [0.2, 0.25) is 0 Å². The molecular weight excluding hydrogens is 254 g/mol. The summed E-state index contributed by atoms with van der Waals surface area (Å²) in [4.78, 5) is 4.58. The number of benzene rings is 1. The Bertz CT molecular complexity index is 623. The highest BCUT2D eigenvalue weighted by Crippen LogP contribution is 2.31. The fourth-order valence-electron chi connectivity index (χ4n) is 2.35. The molecule has 21 heavy (non-hydrogen) atoms. The molecule has 112 valence electrons. The molecule has 2 rings (SSSR count). The molecule has 1 heterocycles. The lowest BCUT2D eigenvalue weighted by Gasteiger charge is -2.29. The molecule has 0 aliphatic carbocycles. The topological polar surface area (TPSA) is 12.9 Å². The Morgan fingerprint density at radius 1 is 1.05 bits per heavy atom. The Kier molecular flexibility index (Phi) is 4.51. The standard InChI is InChI=1S/C20H27N/c1-14(2)20(5,6)12-17-8-7-9-18(11-17)19-10-15(3)16(4)13-21-19/h7-11,13-14H,12H2,1-6H3. The molecule has 1 aromatic heterocycles. The number of aryl methyl sites for hydroxylation is 2. The fraction of sp³-hybridized carbons (Fsp3) is 0.450. The van der Waals surface area contributed by atoms with Gasteiger partial charge in [-0.05, 0) is 60.4 Å². The second-order valence-corrected chi connectivity index (χ2v) is 7.17. The number of hydrogen-bond acceptors (Lipinski definition) is 1. The van der Waals surface area contributed by atoms with E-state index in [1.165, 1.54) is 22.3 Å². The molecule has 0 bridgehead atoms. The zero-order valence-electron chi connectivity index (χ0n) is 14.2. The number of pyridine rings is 1. The van der Waals surface area contributed by atoms with Crippen LogP contribution in [0.5, 0.6) is 0 Å². The van der Waals surface area contributed by atoms with Gasteiger partial charge in [0, 0.05) is 11.8 Å². The molecule has 0 amide bonds. The molecule has 0 aliphatic rings. The third-order valence-corrected chi connectivity index (χ3v) is 4.82. The van der Waals surface area contributed by atoms with Gasteiger partial charge in [-0.2, -0.15) is 0 Å². The molecule has 0 unspecified atom stereocenters. The van der Waals surface area contributed by atoms with E-state index < -0.39 is 0 Å². The van der Waals surface area contributed by atoms with Crippen LogP contribution in [0.15, 0.2) is 36.5 Å². The predicted molar refractivity (Wildman–Crippen MR) is 91.5 cm³/mol. The van der Waals surface area contributed by atoms with Gasteiger partial charge in [0.05, 0.1) is 5.69 Å². The van der Waals surface area contributed by atoms with Crippen LogP contribution in [-0.2, 0) is 6.42 Å². The largest absolute Gasteiger partial charge is 0.256 e. The number of hydrogen-bond donors (Lipinski definition) is 0. The van der Waals surface area contributed by atoms with Crippen molar-refractivity contribution in [2.24, 2.45) is 11.3 Å². The number of nitrogens with zero attached hydrogens (tertiary/aromatic N) is 1. The van der Waals surface area contributed by atoms with Crippen molar-refractivity contribution in [3.8, 4) is 11.3 Å². The van der Waals surface area contributed by atoms with Gasteiger partial charge in [-0.1, -0.05) is 45.9 Å². The van der Waals surface area contributed by atoms with E-state index in [0.29, 0.717) is 11.3 Å². The Morgan fingerprint density at radius 2 is 1.76 bits per heavy atom. The first-order chi connectivity index (χ1) is 9.79. The normalized spacial score (nSPS) is 12.0. The van der Waals surface area contributed by atoms with Gasteiger partial charge in [0.1, 0.15) is 0 Å². The minimum absolute atomic E-state index is 0.315. The van der Waals surface area contributed by atoms with Crippen molar-refractivity contribution in [3.63, 3.8) is 0 Å². The molecule has 0 saturated carbocycles. The summed E-state index contributed by atoms with van der Waals surface area (Å²) in [5.41, 5.74) is 6.54. The third-order valence-electron chi connectivity index (χ3n) is 4.82. The second kappa shape index (κ2) is 6.01. The fourth-order valence-corrected chi connectivity index (χ4v) is 2.35. The van der Waals surface area contributed by atoms with Gasteiger partial charge in [-0.25, -0.2) is 0 Å². The smallest absolute Gasteiger partial charge is 0.0704 e. The lowest BCUT2D eigenvalue weighted by molar-refractivity contribution is 0.248. The van der Waals surface area contributed by atoms with Gasteiger partial charge >= 0.3 is 0 Å². The molecule has 0 radical (unpaired) electrons. The van der Waals surface area contributed by atoms with Gasteiger partial charge in [-0.15, -0.1) is 0 Å². The molecular formula is C20H27N. The first-order valence-corrected chi connectivity index (χ1v) is 7.82. The summed E-state index contributed by atoms with van der Waals surface area (Å²) in [5, 5.41) is 0. The van der Waals surface area contributed by atoms with E-state index in [1.807, 2.05) is 6.20 Å². The first-order valence-electron chi connectivity index (χ1n) is 7.82. The summed E-state index contributed by atoms with van der Waals surface area (Å²) in [6, 6.07) is 11.0. The number of rotatable bonds is 4. The molecule has 0 fully saturated rings. The van der Waals surface area contributed by atoms with Crippen molar-refractivity contribution in [1.82, 2.24) is 4.98 Å². The highest BCUT2D eigenvalue weighted by atomic mass is 14.7. The van der Waals surface area contributed by atoms with E-state index in [2.05, 4.69) is 76.9 Å². The second-order valence-electron chi connectivity index (χ2n) is 7.17. The van der Waals surface area contributed by atoms with E-state index >= 15 is 0 Å². The van der Waals surface area contributed by atoms with E-state index in [-0.39, 0.29) is 0 Å². The summed E-state index contributed by atoms with van der Waals surface area (Å²) in [6.07, 6.45) is 3.07. The molecule has 1 nitrogen and oxygen atoms in total. The van der Waals surface area contributed by atoms with Crippen molar-refractivity contribution in [2.45, 2.75) is 48.0 Å². The third kappa shape index (κ3) is 3.72. The van der Waals surface area contributed by atoms with Crippen molar-refractivity contribution in [2.75, 3.05) is 0 Å². The van der Waals surface area contributed by atoms with Crippen molar-refractivity contribution in [1.29, 1.82) is 0 Å². The first kappa shape index (κ1) is 15.8. The van der Waals surface area contributed by atoms with E-state index in [0.717, 1.165) is 12.1 Å². The van der Waals surface area contributed by atoms with Crippen molar-refractivity contribution in [3.05, 3.63) is 53.2 Å². The van der Waals surface area contributed by atoms with Crippen molar-refractivity contribution >= 4 is 0 Å². The lowest BCUT2D eigenvalue weighted by Crippen LogP contribution is -2.22. The predicted octanol–water partition coefficient (Wildman–Crippen LogP) is 5.59. The van der Waals surface area contributed by atoms with Gasteiger partial charge < -0.3 is 0 Å². The highest BCUT2D eigenvalue weighted by molar-refractivity contribution is 5.61. The molecule has 0 atom stereocenters. The Morgan fingerprint density at radius 3 is 2.38 bits per heavy atom. The molecule has 0 N–H and O–H groups in total. The minimum atomic E-state index is 0.315. The summed E-state index contributed by atoms with van der Waals surface area (Å²) in [7, 11) is 0. The SMILES string of the molecule is Cc1cnc(-c2cccc(CC(C)(C)C(C)C)c2)cc1C. The monoisotopic (exact) mass is 281 g/mol. The van der Waals surface area contributed by atoms with Gasteiger partial charge in [-0.3, -0.25) is 4.98 Å². The summed E-state index contributed by atoms with van der Waals surface area (Å²) in [5.74, 6) is 0.668. The molecule has 0 aliphatic heterocycles. The quantitative estimate of drug-likeness (QED) is 0.712. The Hall–Kier alpha value is -1.63. The van der Waals surface area contributed by atoms with E-state index in [1.54, 1.807) is 0 Å². The van der Waals surface area contributed by atoms with Crippen LogP contribution in [0.4, 0.5) is 0 Å². The zero-order chi connectivity index (χ0) is 15.6. The maximum Gasteiger partial charge on any atom is 0.0704 e. The van der Waals surface area contributed by atoms with Gasteiger partial charge in [0.25, 0.3) is 0 Å². The molecule has 1 heteroatoms. The average Bonchev–Trinajstić information content (AvgIpc) is 2.41. The maximum atomic E-state index is 4.58. The lowest BCUT2D eigenvalue weighted by atomic mass is 9.76. The highest BCUT2D eigenvalue weighted by Gasteiger charge is 2.22. The summed E-state index contributed by atoms with van der Waals surface area (Å²) < 4.78 is 0. The van der Waals surface area contributed by atoms with Crippen LogP contribution >= 0.6 is 0 Å². The molecule has 0 saturated heterocycles. The number of aromatic nitrogens is 1. The molecule has 2 aromatic rings. The average molecular weight is 281 g/mol. The van der Waals surface area contributed by atoms with Crippen LogP contribution in [0.25, 0.3) is 11.3 Å². The Labute approximate surface area is 129 Å². The van der Waals surface area contributed by atoms with Crippen LogP contribution in [0.3, 0.4) is 0 Å². The van der Waals surface area contributed by atoms with Gasteiger partial charge in [0.15, 0.2) is 0 Å². The Balaban J connectivity index is 2.31. The van der Waals surface area contributed by atoms with Crippen molar-refractivity contribution < 1.29 is 0 Å². The van der Waals surface area contributed by atoms with E-state index in [4.69, 9.17) is 0 Å². The summed E-state index contributed by atoms with van der Waals surface area (Å²) >= 11 is 0. The van der Waals surface area contributed by atoms with Crippen LogP contribution < -0.4 is 0 Å². The van der Waals surface area contributed by atoms with E-state index in [9.17, 15) is 0 Å². The van der Waals surface area contributed by atoms with Gasteiger partial charge in [0.2, 0.25) is 0 Å². The van der Waals surface area contributed by atoms with Crippen LogP contribution in [0.1, 0.15) is 44.4 Å². The van der Waals surface area contributed by atoms with Crippen LogP contribution in [-0.4, -0.2) is 4.98 Å².